The van der Waals surface area contributed by atoms with Crippen LogP contribution in [0.2, 0.25) is 0 Å². The van der Waals surface area contributed by atoms with Gasteiger partial charge in [-0.05, 0) is 36.5 Å². The van der Waals surface area contributed by atoms with E-state index in [4.69, 9.17) is 5.11 Å². The molecule has 6 nitrogen and oxygen atoms in total. The topological polar surface area (TPSA) is 77.9 Å². The van der Waals surface area contributed by atoms with Crippen LogP contribution in [-0.4, -0.2) is 59.4 Å². The van der Waals surface area contributed by atoms with Gasteiger partial charge in [-0.1, -0.05) is 26.0 Å². The van der Waals surface area contributed by atoms with Crippen LogP contribution >= 0.6 is 0 Å². The van der Waals surface area contributed by atoms with Crippen molar-refractivity contribution >= 4 is 17.8 Å². The van der Waals surface area contributed by atoms with Gasteiger partial charge in [-0.3, -0.25) is 14.4 Å². The van der Waals surface area contributed by atoms with E-state index < -0.39 is 5.97 Å². The number of aliphatic carboxylic acids is 1. The molecule has 25 heavy (non-hydrogen) atoms. The van der Waals surface area contributed by atoms with Crippen molar-refractivity contribution in [3.8, 4) is 0 Å². The van der Waals surface area contributed by atoms with Crippen LogP contribution in [0.3, 0.4) is 0 Å². The summed E-state index contributed by atoms with van der Waals surface area (Å²) in [4.78, 5) is 38.8. The summed E-state index contributed by atoms with van der Waals surface area (Å²) in [6, 6.07) is 7.45. The van der Waals surface area contributed by atoms with Crippen molar-refractivity contribution in [2.24, 2.45) is 5.92 Å². The van der Waals surface area contributed by atoms with Gasteiger partial charge in [0.25, 0.3) is 5.91 Å². The summed E-state index contributed by atoms with van der Waals surface area (Å²) < 4.78 is 0. The summed E-state index contributed by atoms with van der Waals surface area (Å²) in [5.74, 6) is -1.10. The molecule has 0 radical (unpaired) electrons. The molecule has 1 fully saturated rings. The summed E-state index contributed by atoms with van der Waals surface area (Å²) in [5, 5.41) is 9.00. The van der Waals surface area contributed by atoms with Gasteiger partial charge in [-0.2, -0.15) is 0 Å². The molecule has 1 aliphatic rings. The van der Waals surface area contributed by atoms with E-state index >= 15 is 0 Å². The Kier molecular flexibility index (Phi) is 6.17. The highest BCUT2D eigenvalue weighted by Crippen LogP contribution is 2.18. The van der Waals surface area contributed by atoms with Crippen LogP contribution in [0, 0.1) is 5.92 Å². The molecule has 0 aromatic heterocycles. The number of hydrogen-bond donors (Lipinski definition) is 1. The van der Waals surface area contributed by atoms with E-state index in [-0.39, 0.29) is 24.3 Å². The number of likely N-dealkylation sites (tertiary alicyclic amines) is 1. The number of benzene rings is 1. The maximum absolute atomic E-state index is 12.5. The minimum Gasteiger partial charge on any atom is -0.481 e. The zero-order chi connectivity index (χ0) is 18.6. The average Bonchev–Trinajstić information content (AvgIpc) is 2.61. The first-order valence-electron chi connectivity index (χ1n) is 8.65. The van der Waals surface area contributed by atoms with E-state index in [9.17, 15) is 14.4 Å². The molecule has 0 saturated carbocycles. The number of carboxylic acid groups (broad SMARTS) is 1. The minimum absolute atomic E-state index is 0.00248. The Bertz CT molecular complexity index is 631. The van der Waals surface area contributed by atoms with E-state index in [0.29, 0.717) is 37.4 Å². The van der Waals surface area contributed by atoms with Crippen molar-refractivity contribution < 1.29 is 19.5 Å². The first kappa shape index (κ1) is 19.0. The molecule has 1 aliphatic heterocycles. The van der Waals surface area contributed by atoms with Gasteiger partial charge in [0.2, 0.25) is 5.91 Å². The zero-order valence-corrected chi connectivity index (χ0v) is 15.1. The first-order chi connectivity index (χ1) is 11.8. The van der Waals surface area contributed by atoms with Crippen molar-refractivity contribution in [1.29, 1.82) is 0 Å². The molecule has 0 bridgehead atoms. The quantitative estimate of drug-likeness (QED) is 0.887. The summed E-state index contributed by atoms with van der Waals surface area (Å²) in [6.07, 6.45) is 0.935. The Morgan fingerprint density at radius 2 is 1.72 bits per heavy atom. The van der Waals surface area contributed by atoms with Gasteiger partial charge >= 0.3 is 5.97 Å². The van der Waals surface area contributed by atoms with Crippen LogP contribution in [0.5, 0.6) is 0 Å². The normalized spacial score (nSPS) is 15.3. The molecule has 1 aromatic carbocycles. The molecule has 0 unspecified atom stereocenters. The summed E-state index contributed by atoms with van der Waals surface area (Å²) in [7, 11) is 1.61. The van der Waals surface area contributed by atoms with Crippen molar-refractivity contribution in [3.63, 3.8) is 0 Å². The SMILES string of the molecule is CC(C)c1ccc(C(=O)N(C)CC(=O)N2CCC(C(=O)O)CC2)cc1. The molecular weight excluding hydrogens is 320 g/mol. The molecular formula is C19H26N2O4. The average molecular weight is 346 g/mol. The largest absolute Gasteiger partial charge is 0.481 e. The van der Waals surface area contributed by atoms with Crippen molar-refractivity contribution in [2.75, 3.05) is 26.7 Å². The van der Waals surface area contributed by atoms with Gasteiger partial charge in [0.1, 0.15) is 0 Å². The van der Waals surface area contributed by atoms with Gasteiger partial charge < -0.3 is 14.9 Å². The molecule has 1 aromatic rings. The second-order valence-corrected chi connectivity index (χ2v) is 6.93. The van der Waals surface area contributed by atoms with Crippen LogP contribution in [-0.2, 0) is 9.59 Å². The lowest BCUT2D eigenvalue weighted by Crippen LogP contribution is -2.45. The molecule has 0 aliphatic carbocycles. The molecule has 1 saturated heterocycles. The maximum Gasteiger partial charge on any atom is 0.306 e. The number of nitrogens with zero attached hydrogens (tertiary/aromatic N) is 2. The summed E-state index contributed by atoms with van der Waals surface area (Å²) in [6.45, 7) is 5.05. The smallest absolute Gasteiger partial charge is 0.306 e. The van der Waals surface area contributed by atoms with E-state index in [1.54, 1.807) is 24.1 Å². The Morgan fingerprint density at radius 1 is 1.16 bits per heavy atom. The Morgan fingerprint density at radius 3 is 2.20 bits per heavy atom. The Hall–Kier alpha value is -2.37. The fourth-order valence-electron chi connectivity index (χ4n) is 2.98. The van der Waals surface area contributed by atoms with Crippen molar-refractivity contribution in [3.05, 3.63) is 35.4 Å². The summed E-state index contributed by atoms with van der Waals surface area (Å²) in [5.41, 5.74) is 1.72. The predicted molar refractivity (Wildman–Crippen MR) is 94.4 cm³/mol. The number of rotatable bonds is 5. The molecule has 1 N–H and O–H groups in total. The lowest BCUT2D eigenvalue weighted by Gasteiger charge is -2.31. The van der Waals surface area contributed by atoms with Crippen LogP contribution in [0.4, 0.5) is 0 Å². The third-order valence-corrected chi connectivity index (χ3v) is 4.74. The fraction of sp³-hybridized carbons (Fsp3) is 0.526. The monoisotopic (exact) mass is 346 g/mol. The zero-order valence-electron chi connectivity index (χ0n) is 15.1. The van der Waals surface area contributed by atoms with Crippen LogP contribution < -0.4 is 0 Å². The number of hydrogen-bond acceptors (Lipinski definition) is 3. The van der Waals surface area contributed by atoms with Gasteiger partial charge in [-0.25, -0.2) is 0 Å². The fourth-order valence-corrected chi connectivity index (χ4v) is 2.98. The van der Waals surface area contributed by atoms with E-state index in [0.717, 1.165) is 5.56 Å². The molecule has 2 rings (SSSR count). The van der Waals surface area contributed by atoms with Gasteiger partial charge in [0.15, 0.2) is 0 Å². The molecule has 6 heteroatoms. The Labute approximate surface area is 148 Å². The number of likely N-dealkylation sites (N-methyl/N-ethyl adjacent to an activating group) is 1. The second-order valence-electron chi connectivity index (χ2n) is 6.93. The number of amides is 2. The van der Waals surface area contributed by atoms with Gasteiger partial charge in [0, 0.05) is 25.7 Å². The molecule has 0 atom stereocenters. The van der Waals surface area contributed by atoms with Crippen LogP contribution in [0.15, 0.2) is 24.3 Å². The third kappa shape index (κ3) is 4.81. The number of piperidine rings is 1. The number of carboxylic acids is 1. The highest BCUT2D eigenvalue weighted by Gasteiger charge is 2.28. The highest BCUT2D eigenvalue weighted by atomic mass is 16.4. The summed E-state index contributed by atoms with van der Waals surface area (Å²) >= 11 is 0. The third-order valence-electron chi connectivity index (χ3n) is 4.74. The van der Waals surface area contributed by atoms with Crippen molar-refractivity contribution in [1.82, 2.24) is 9.80 Å². The van der Waals surface area contributed by atoms with Crippen LogP contribution in [0.1, 0.15) is 48.5 Å². The molecule has 136 valence electrons. The molecule has 0 spiro atoms. The van der Waals surface area contributed by atoms with Gasteiger partial charge in [-0.15, -0.1) is 0 Å². The van der Waals surface area contributed by atoms with Crippen LogP contribution in [0.25, 0.3) is 0 Å². The number of carbonyl (C=O) groups is 3. The minimum atomic E-state index is -0.802. The first-order valence-corrected chi connectivity index (χ1v) is 8.65. The highest BCUT2D eigenvalue weighted by molar-refractivity contribution is 5.96. The van der Waals surface area contributed by atoms with E-state index in [2.05, 4.69) is 13.8 Å². The maximum atomic E-state index is 12.5. The van der Waals surface area contributed by atoms with Gasteiger partial charge in [0.05, 0.1) is 12.5 Å². The lowest BCUT2D eigenvalue weighted by atomic mass is 9.97. The molecule has 1 heterocycles. The second kappa shape index (κ2) is 8.14. The Balaban J connectivity index is 1.90. The standard InChI is InChI=1S/C19H26N2O4/c1-13(2)14-4-6-15(7-5-14)18(23)20(3)12-17(22)21-10-8-16(9-11-21)19(24)25/h4-7,13,16H,8-12H2,1-3H3,(H,24,25). The van der Waals surface area contributed by atoms with E-state index in [1.165, 1.54) is 4.90 Å². The lowest BCUT2D eigenvalue weighted by molar-refractivity contribution is -0.145. The molecule has 2 amide bonds. The van der Waals surface area contributed by atoms with E-state index in [1.807, 2.05) is 12.1 Å². The predicted octanol–water partition coefficient (Wildman–Crippen LogP) is 2.21. The van der Waals surface area contributed by atoms with Crippen molar-refractivity contribution in [2.45, 2.75) is 32.6 Å². The number of carbonyl (C=O) groups excluding carboxylic acids is 2.